The molecule has 0 radical (unpaired) electrons. The minimum Gasteiger partial charge on any atom is -0.462 e. The van der Waals surface area contributed by atoms with Crippen LogP contribution in [-0.2, 0) is 4.74 Å². The molecule has 2 N–H and O–H groups in total. The number of hydrogen-bond acceptors (Lipinski definition) is 10. The molecule has 2 aromatic rings. The molecular formula is C28H47N7O3. The van der Waals surface area contributed by atoms with Crippen LogP contribution in [0, 0.1) is 0 Å². The molecule has 212 valence electrons. The maximum atomic E-state index is 10.1. The van der Waals surface area contributed by atoms with Crippen molar-refractivity contribution < 1.29 is 14.6 Å². The van der Waals surface area contributed by atoms with E-state index in [0.717, 1.165) is 75.8 Å². The summed E-state index contributed by atoms with van der Waals surface area (Å²) in [5, 5.41) is 14.6. The van der Waals surface area contributed by atoms with Gasteiger partial charge in [-0.25, -0.2) is 0 Å². The Labute approximate surface area is 228 Å². The lowest BCUT2D eigenvalue weighted by Gasteiger charge is -2.26. The van der Waals surface area contributed by atoms with Crippen LogP contribution < -0.4 is 20.0 Å². The standard InChI is InChI=1S/C26H41N7O3.C2H6/c1-5-11-33(12-6-2)25-19-24(27-26(28-25)36-18-15-32-13-16-35-17-14-32)30-29-22(20-34)21-9-7-8-10-23(21)31(3)4;1-2/h7-10,19,34H,5-6,11-18,20H2,1-4H3,(H,27,28,30);1-2H3/b29-22-;. The summed E-state index contributed by atoms with van der Waals surface area (Å²) >= 11 is 0. The predicted octanol–water partition coefficient (Wildman–Crippen LogP) is 3.71. The van der Waals surface area contributed by atoms with Crippen LogP contribution in [0.1, 0.15) is 46.1 Å². The number of nitrogens with one attached hydrogen (secondary N) is 1. The van der Waals surface area contributed by atoms with Crippen molar-refractivity contribution in [3.8, 4) is 6.01 Å². The molecule has 0 spiro atoms. The van der Waals surface area contributed by atoms with Gasteiger partial charge in [-0.05, 0) is 18.9 Å². The number of aromatic nitrogens is 2. The zero-order valence-electron chi connectivity index (χ0n) is 24.1. The number of rotatable bonds is 14. The Kier molecular flexibility index (Phi) is 14.4. The van der Waals surface area contributed by atoms with Gasteiger partial charge in [-0.3, -0.25) is 10.3 Å². The third kappa shape index (κ3) is 9.74. The summed E-state index contributed by atoms with van der Waals surface area (Å²) in [6.07, 6.45) is 2.02. The number of para-hydroxylation sites is 1. The van der Waals surface area contributed by atoms with E-state index in [1.165, 1.54) is 0 Å². The van der Waals surface area contributed by atoms with Crippen LogP contribution in [0.3, 0.4) is 0 Å². The van der Waals surface area contributed by atoms with E-state index in [9.17, 15) is 5.11 Å². The molecule has 1 aromatic heterocycles. The highest BCUT2D eigenvalue weighted by Gasteiger charge is 2.15. The summed E-state index contributed by atoms with van der Waals surface area (Å²) in [6, 6.07) is 10.0. The second kappa shape index (κ2) is 17.5. The number of anilines is 3. The van der Waals surface area contributed by atoms with E-state index >= 15 is 0 Å². The van der Waals surface area contributed by atoms with Gasteiger partial charge in [0, 0.05) is 64.1 Å². The van der Waals surface area contributed by atoms with E-state index in [2.05, 4.69) is 39.2 Å². The molecule has 1 aliphatic heterocycles. The van der Waals surface area contributed by atoms with Gasteiger partial charge in [-0.2, -0.15) is 15.1 Å². The first-order valence-electron chi connectivity index (χ1n) is 13.8. The lowest BCUT2D eigenvalue weighted by Crippen LogP contribution is -2.38. The highest BCUT2D eigenvalue weighted by atomic mass is 16.5. The van der Waals surface area contributed by atoms with E-state index < -0.39 is 0 Å². The van der Waals surface area contributed by atoms with Gasteiger partial charge in [0.2, 0.25) is 0 Å². The van der Waals surface area contributed by atoms with Crippen LogP contribution in [-0.4, -0.2) is 98.9 Å². The quantitative estimate of drug-likeness (QED) is 0.280. The number of aliphatic hydroxyl groups is 1. The fraction of sp³-hybridized carbons (Fsp3) is 0.607. The highest BCUT2D eigenvalue weighted by Crippen LogP contribution is 2.22. The Morgan fingerprint density at radius 3 is 2.42 bits per heavy atom. The summed E-state index contributed by atoms with van der Waals surface area (Å²) in [5.74, 6) is 1.32. The van der Waals surface area contributed by atoms with E-state index in [4.69, 9.17) is 14.5 Å². The van der Waals surface area contributed by atoms with Crippen molar-refractivity contribution >= 4 is 23.0 Å². The number of hydrogen-bond donors (Lipinski definition) is 2. The summed E-state index contributed by atoms with van der Waals surface area (Å²) in [7, 11) is 3.93. The van der Waals surface area contributed by atoms with E-state index in [1.54, 1.807) is 0 Å². The normalized spacial score (nSPS) is 13.9. The molecule has 1 saturated heterocycles. The molecule has 1 aliphatic rings. The first kappa shape index (κ1) is 31.3. The number of benzene rings is 1. The van der Waals surface area contributed by atoms with E-state index in [0.29, 0.717) is 24.1 Å². The Hall–Kier alpha value is -2.95. The summed E-state index contributed by atoms with van der Waals surface area (Å²) in [6.45, 7) is 14.5. The lowest BCUT2D eigenvalue weighted by atomic mass is 10.1. The molecule has 0 saturated carbocycles. The average molecular weight is 530 g/mol. The molecule has 38 heavy (non-hydrogen) atoms. The zero-order valence-corrected chi connectivity index (χ0v) is 24.1. The van der Waals surface area contributed by atoms with Gasteiger partial charge in [0.1, 0.15) is 12.4 Å². The summed E-state index contributed by atoms with van der Waals surface area (Å²) < 4.78 is 11.4. The van der Waals surface area contributed by atoms with Crippen molar-refractivity contribution in [3.63, 3.8) is 0 Å². The SMILES string of the molecule is CC.CCCN(CCC)c1cc(N/N=C(/CO)c2ccccc2N(C)C)nc(OCCN2CCOCC2)n1. The summed E-state index contributed by atoms with van der Waals surface area (Å²) in [5.41, 5.74) is 5.39. The minimum atomic E-state index is -0.212. The molecule has 0 atom stereocenters. The fourth-order valence-electron chi connectivity index (χ4n) is 4.08. The van der Waals surface area contributed by atoms with Crippen molar-refractivity contribution in [2.45, 2.75) is 40.5 Å². The first-order valence-corrected chi connectivity index (χ1v) is 13.8. The van der Waals surface area contributed by atoms with E-state index in [1.807, 2.05) is 63.2 Å². The Morgan fingerprint density at radius 1 is 1.11 bits per heavy atom. The van der Waals surface area contributed by atoms with Crippen LogP contribution in [0.25, 0.3) is 0 Å². The second-order valence-electron chi connectivity index (χ2n) is 8.92. The second-order valence-corrected chi connectivity index (χ2v) is 8.92. The van der Waals surface area contributed by atoms with Gasteiger partial charge in [-0.1, -0.05) is 45.9 Å². The maximum absolute atomic E-state index is 10.1. The van der Waals surface area contributed by atoms with Crippen molar-refractivity contribution in [1.29, 1.82) is 0 Å². The smallest absolute Gasteiger partial charge is 0.320 e. The molecule has 0 aliphatic carbocycles. The highest BCUT2D eigenvalue weighted by molar-refractivity contribution is 6.06. The van der Waals surface area contributed by atoms with E-state index in [-0.39, 0.29) is 6.61 Å². The number of morpholine rings is 1. The van der Waals surface area contributed by atoms with Gasteiger partial charge in [-0.15, -0.1) is 0 Å². The Bertz CT molecular complexity index is 959. The molecule has 0 unspecified atom stereocenters. The topological polar surface area (TPSA) is 98.6 Å². The number of ether oxygens (including phenoxy) is 2. The van der Waals surface area contributed by atoms with Gasteiger partial charge >= 0.3 is 6.01 Å². The molecule has 0 amide bonds. The van der Waals surface area contributed by atoms with Crippen LogP contribution in [0.4, 0.5) is 17.3 Å². The van der Waals surface area contributed by atoms with Crippen LogP contribution in [0.15, 0.2) is 35.4 Å². The first-order chi connectivity index (χ1) is 18.5. The van der Waals surface area contributed by atoms with Crippen LogP contribution in [0.5, 0.6) is 6.01 Å². The van der Waals surface area contributed by atoms with Gasteiger partial charge in [0.15, 0.2) is 5.82 Å². The molecule has 1 aromatic carbocycles. The monoisotopic (exact) mass is 529 g/mol. The average Bonchev–Trinajstić information content (AvgIpc) is 2.95. The molecule has 0 bridgehead atoms. The molecule has 10 nitrogen and oxygen atoms in total. The van der Waals surface area contributed by atoms with Gasteiger partial charge < -0.3 is 24.4 Å². The molecule has 3 rings (SSSR count). The van der Waals surface area contributed by atoms with Crippen LogP contribution in [0.2, 0.25) is 0 Å². The molecule has 2 heterocycles. The zero-order chi connectivity index (χ0) is 27.8. The minimum absolute atomic E-state index is 0.212. The Balaban J connectivity index is 0.00000247. The van der Waals surface area contributed by atoms with Gasteiger partial charge in [0.05, 0.1) is 25.5 Å². The number of aliphatic hydroxyl groups excluding tert-OH is 1. The summed E-state index contributed by atoms with van der Waals surface area (Å²) in [4.78, 5) is 15.8. The number of hydrazone groups is 1. The van der Waals surface area contributed by atoms with Crippen molar-refractivity contribution in [3.05, 3.63) is 35.9 Å². The fourth-order valence-corrected chi connectivity index (χ4v) is 4.08. The van der Waals surface area contributed by atoms with Crippen molar-refractivity contribution in [2.24, 2.45) is 5.10 Å². The number of nitrogens with zero attached hydrogens (tertiary/aromatic N) is 6. The van der Waals surface area contributed by atoms with Gasteiger partial charge in [0.25, 0.3) is 0 Å². The third-order valence-electron chi connectivity index (χ3n) is 5.90. The predicted molar refractivity (Wildman–Crippen MR) is 157 cm³/mol. The lowest BCUT2D eigenvalue weighted by molar-refractivity contribution is 0.0317. The van der Waals surface area contributed by atoms with Crippen LogP contribution >= 0.6 is 0 Å². The van der Waals surface area contributed by atoms with Crippen molar-refractivity contribution in [2.75, 3.05) is 88.5 Å². The van der Waals surface area contributed by atoms with Crippen molar-refractivity contribution in [1.82, 2.24) is 14.9 Å². The maximum Gasteiger partial charge on any atom is 0.320 e. The Morgan fingerprint density at radius 2 is 1.79 bits per heavy atom. The molecule has 10 heteroatoms. The third-order valence-corrected chi connectivity index (χ3v) is 5.90. The molecular weight excluding hydrogens is 482 g/mol. The molecule has 1 fully saturated rings. The largest absolute Gasteiger partial charge is 0.462 e.